The minimum absolute atomic E-state index is 0.0288. The molecule has 0 fully saturated rings. The fraction of sp³-hybridized carbons (Fsp3) is 0.371. The maximum atomic E-state index is 13.9. The van der Waals surface area contributed by atoms with Crippen LogP contribution >= 0.6 is 0 Å². The Morgan fingerprint density at radius 1 is 0.980 bits per heavy atom. The lowest BCUT2D eigenvalue weighted by Crippen LogP contribution is -2.34. The molecule has 15 nitrogen and oxygen atoms in total. The average molecular weight is 724 g/mol. The normalized spacial score (nSPS) is 10.8. The first kappa shape index (κ1) is 40.1. The minimum atomic E-state index is -3.67. The Morgan fingerprint density at radius 2 is 1.71 bits per heavy atom. The van der Waals surface area contributed by atoms with E-state index in [0.717, 1.165) is 36.9 Å². The number of pyridine rings is 1. The monoisotopic (exact) mass is 723 g/mol. The molecule has 0 unspecified atom stereocenters. The Kier molecular flexibility index (Phi) is 15.5. The third-order valence-electron chi connectivity index (χ3n) is 7.33. The zero-order valence-electron chi connectivity index (χ0n) is 29.2. The smallest absolute Gasteiger partial charge is 0.412 e. The van der Waals surface area contributed by atoms with Crippen molar-refractivity contribution in [2.24, 2.45) is 7.05 Å². The lowest BCUT2D eigenvalue weighted by molar-refractivity contribution is -0.142. The molecule has 2 heterocycles. The Hall–Kier alpha value is -5.35. The lowest BCUT2D eigenvalue weighted by Gasteiger charge is -2.21. The van der Waals surface area contributed by atoms with E-state index in [2.05, 4.69) is 22.5 Å². The summed E-state index contributed by atoms with van der Waals surface area (Å²) in [5, 5.41) is 14.0. The van der Waals surface area contributed by atoms with Crippen molar-refractivity contribution in [2.75, 3.05) is 36.2 Å². The number of ether oxygens (including phenoxy) is 2. The number of esters is 1. The number of carbonyl (C=O) groups is 3. The van der Waals surface area contributed by atoms with Crippen molar-refractivity contribution in [2.45, 2.75) is 52.5 Å². The van der Waals surface area contributed by atoms with Crippen LogP contribution in [-0.4, -0.2) is 77.3 Å². The lowest BCUT2D eigenvalue weighted by atomic mass is 10.1. The van der Waals surface area contributed by atoms with Gasteiger partial charge in [0.1, 0.15) is 23.0 Å². The molecule has 2 aromatic carbocycles. The van der Waals surface area contributed by atoms with Crippen molar-refractivity contribution in [3.05, 3.63) is 83.8 Å². The van der Waals surface area contributed by atoms with Crippen molar-refractivity contribution in [1.82, 2.24) is 19.9 Å². The van der Waals surface area contributed by atoms with E-state index in [1.807, 2.05) is 29.8 Å². The summed E-state index contributed by atoms with van der Waals surface area (Å²) in [4.78, 5) is 48.6. The van der Waals surface area contributed by atoms with E-state index in [1.165, 1.54) is 4.90 Å². The number of rotatable bonds is 15. The number of amides is 2. The summed E-state index contributed by atoms with van der Waals surface area (Å²) >= 11 is 0. The Labute approximate surface area is 297 Å². The van der Waals surface area contributed by atoms with Gasteiger partial charge in [-0.05, 0) is 61.9 Å². The standard InChI is InChI=1S/C34H41N7O5.CH4O3S/c1-4-6-7-10-22-46-34(44)39-32(35)24-15-17-25(18-16-24)37-23-29-38-31-26(12-11-13-27(31)40(29)3)33(43)41(21-19-30(42)45-5-2)28-14-8-9-20-36-28;1-5(2,3)4/h8-9,11-18,20,37H,4-7,10,19,21-23H2,1-3H3,(H2,35,39,44);1H3,(H,2,3,4). The van der Waals surface area contributed by atoms with Gasteiger partial charge < -0.3 is 19.4 Å². The van der Waals surface area contributed by atoms with Gasteiger partial charge in [-0.15, -0.1) is 0 Å². The molecule has 0 aliphatic heterocycles. The van der Waals surface area contributed by atoms with Crippen LogP contribution < -0.4 is 15.5 Å². The molecule has 0 saturated heterocycles. The van der Waals surface area contributed by atoms with E-state index in [-0.39, 0.29) is 31.3 Å². The van der Waals surface area contributed by atoms with Crippen LogP contribution in [0, 0.1) is 5.41 Å². The number of para-hydroxylation sites is 1. The summed E-state index contributed by atoms with van der Waals surface area (Å²) in [5.41, 5.74) is 3.04. The summed E-state index contributed by atoms with van der Waals surface area (Å²) in [6, 6.07) is 17.8. The summed E-state index contributed by atoms with van der Waals surface area (Å²) < 4.78 is 38.0. The zero-order valence-corrected chi connectivity index (χ0v) is 30.0. The minimum Gasteiger partial charge on any atom is -0.466 e. The Morgan fingerprint density at radius 3 is 2.35 bits per heavy atom. The van der Waals surface area contributed by atoms with Crippen molar-refractivity contribution >= 4 is 56.5 Å². The second-order valence-corrected chi connectivity index (χ2v) is 12.8. The number of alkyl carbamates (subject to hydrolysis) is 1. The highest BCUT2D eigenvalue weighted by molar-refractivity contribution is 7.85. The fourth-order valence-corrected chi connectivity index (χ4v) is 4.85. The molecule has 2 amide bonds. The molecule has 2 aromatic heterocycles. The molecule has 274 valence electrons. The highest BCUT2D eigenvalue weighted by Crippen LogP contribution is 2.24. The van der Waals surface area contributed by atoms with E-state index in [9.17, 15) is 22.8 Å². The van der Waals surface area contributed by atoms with Gasteiger partial charge in [0.25, 0.3) is 16.0 Å². The predicted molar refractivity (Wildman–Crippen MR) is 195 cm³/mol. The molecule has 0 atom stereocenters. The van der Waals surface area contributed by atoms with Gasteiger partial charge in [0.15, 0.2) is 0 Å². The topological polar surface area (TPSA) is 206 Å². The van der Waals surface area contributed by atoms with Crippen molar-refractivity contribution < 1.29 is 36.8 Å². The van der Waals surface area contributed by atoms with Crippen LogP contribution in [0.4, 0.5) is 16.3 Å². The van der Waals surface area contributed by atoms with Gasteiger partial charge in [0.05, 0.1) is 43.5 Å². The predicted octanol–water partition coefficient (Wildman–Crippen LogP) is 5.32. The zero-order chi connectivity index (χ0) is 37.4. The first-order chi connectivity index (χ1) is 24.3. The maximum absolute atomic E-state index is 13.9. The molecule has 4 N–H and O–H groups in total. The number of hydrogen-bond acceptors (Lipinski definition) is 11. The SMILES string of the molecule is CCCCCCOC(=O)NC(=N)c1ccc(NCc2nc3c(C(=O)N(CCC(=O)OCC)c4ccccn4)cccc3n2C)cc1.CS(=O)(=O)O. The molecule has 0 spiro atoms. The summed E-state index contributed by atoms with van der Waals surface area (Å²) in [6.07, 6.45) is 5.73. The van der Waals surface area contributed by atoms with E-state index in [1.54, 1.807) is 55.6 Å². The highest BCUT2D eigenvalue weighted by Gasteiger charge is 2.24. The van der Waals surface area contributed by atoms with E-state index in [0.29, 0.717) is 47.7 Å². The molecule has 4 rings (SSSR count). The highest BCUT2D eigenvalue weighted by atomic mass is 32.2. The maximum Gasteiger partial charge on any atom is 0.412 e. The van der Waals surface area contributed by atoms with Gasteiger partial charge in [0, 0.05) is 31.0 Å². The number of aryl methyl sites for hydroxylation is 1. The van der Waals surface area contributed by atoms with E-state index < -0.39 is 22.2 Å². The molecule has 0 aliphatic carbocycles. The summed E-state index contributed by atoms with van der Waals surface area (Å²) in [7, 11) is -1.78. The largest absolute Gasteiger partial charge is 0.466 e. The number of aromatic nitrogens is 3. The number of nitrogens with one attached hydrogen (secondary N) is 3. The number of nitrogens with zero attached hydrogens (tertiary/aromatic N) is 4. The van der Waals surface area contributed by atoms with E-state index >= 15 is 0 Å². The molecule has 0 saturated carbocycles. The number of benzene rings is 2. The first-order valence-corrected chi connectivity index (χ1v) is 18.3. The molecule has 0 aliphatic rings. The van der Waals surface area contributed by atoms with Gasteiger partial charge in [-0.2, -0.15) is 8.42 Å². The van der Waals surface area contributed by atoms with E-state index in [4.69, 9.17) is 24.4 Å². The molecular formula is C35H45N7O8S. The molecule has 4 aromatic rings. The number of amidine groups is 1. The van der Waals surface area contributed by atoms with Crippen LogP contribution in [0.15, 0.2) is 66.9 Å². The third kappa shape index (κ3) is 13.1. The molecule has 16 heteroatoms. The van der Waals surface area contributed by atoms with Gasteiger partial charge in [-0.1, -0.05) is 38.3 Å². The van der Waals surface area contributed by atoms with Crippen LogP contribution in [0.25, 0.3) is 11.0 Å². The molecule has 0 radical (unpaired) electrons. The number of anilines is 2. The van der Waals surface area contributed by atoms with Crippen LogP contribution in [-0.2, 0) is 38.0 Å². The molecule has 0 bridgehead atoms. The second kappa shape index (κ2) is 19.7. The van der Waals surface area contributed by atoms with Crippen molar-refractivity contribution in [3.8, 4) is 0 Å². The van der Waals surface area contributed by atoms with Gasteiger partial charge in [-0.25, -0.2) is 14.8 Å². The average Bonchev–Trinajstić information content (AvgIpc) is 3.42. The van der Waals surface area contributed by atoms with Crippen LogP contribution in [0.3, 0.4) is 0 Å². The first-order valence-electron chi connectivity index (χ1n) is 16.4. The Bertz CT molecular complexity index is 1870. The third-order valence-corrected chi connectivity index (χ3v) is 7.33. The van der Waals surface area contributed by atoms with Crippen molar-refractivity contribution in [3.63, 3.8) is 0 Å². The Balaban J connectivity index is 0.00000131. The summed E-state index contributed by atoms with van der Waals surface area (Å²) in [6.45, 7) is 4.93. The second-order valence-electron chi connectivity index (χ2n) is 11.3. The number of imidazole rings is 1. The van der Waals surface area contributed by atoms with Crippen LogP contribution in [0.1, 0.15) is 67.7 Å². The van der Waals surface area contributed by atoms with Crippen LogP contribution in [0.2, 0.25) is 0 Å². The van der Waals surface area contributed by atoms with Crippen LogP contribution in [0.5, 0.6) is 0 Å². The fourth-order valence-electron chi connectivity index (χ4n) is 4.85. The molecule has 51 heavy (non-hydrogen) atoms. The van der Waals surface area contributed by atoms with Crippen molar-refractivity contribution in [1.29, 1.82) is 5.41 Å². The number of carbonyl (C=O) groups excluding carboxylic acids is 3. The number of fused-ring (bicyclic) bond motifs is 1. The molecular weight excluding hydrogens is 678 g/mol. The quantitative estimate of drug-likeness (QED) is 0.0406. The van der Waals surface area contributed by atoms with Gasteiger partial charge >= 0.3 is 12.1 Å². The number of hydrogen-bond donors (Lipinski definition) is 4. The van der Waals surface area contributed by atoms with Gasteiger partial charge in [-0.3, -0.25) is 29.8 Å². The van der Waals surface area contributed by atoms with Gasteiger partial charge in [0.2, 0.25) is 0 Å². The summed E-state index contributed by atoms with van der Waals surface area (Å²) in [5.74, 6) is 0.374. The number of unbranched alkanes of at least 4 members (excludes halogenated alkanes) is 3.